The molecule has 3 nitrogen and oxygen atoms in total. The van der Waals surface area contributed by atoms with Crippen molar-refractivity contribution in [3.8, 4) is 0 Å². The van der Waals surface area contributed by atoms with Crippen LogP contribution >= 0.6 is 11.3 Å². The molecule has 0 radical (unpaired) electrons. The zero-order valence-electron chi connectivity index (χ0n) is 12.0. The molecule has 108 valence electrons. The Hall–Kier alpha value is -2.07. The quantitative estimate of drug-likeness (QED) is 0.766. The van der Waals surface area contributed by atoms with Crippen molar-refractivity contribution in [1.29, 1.82) is 0 Å². The third-order valence-corrected chi connectivity index (χ3v) is 4.39. The highest BCUT2D eigenvalue weighted by Crippen LogP contribution is 2.21. The summed E-state index contributed by atoms with van der Waals surface area (Å²) in [5.41, 5.74) is 3.15. The maximum atomic E-state index is 12.4. The minimum atomic E-state index is 0.00799. The molecule has 0 unspecified atom stereocenters. The van der Waals surface area contributed by atoms with Gasteiger partial charge in [0.2, 0.25) is 0 Å². The van der Waals surface area contributed by atoms with E-state index in [4.69, 9.17) is 0 Å². The zero-order valence-corrected chi connectivity index (χ0v) is 12.8. The third kappa shape index (κ3) is 2.85. The predicted octanol–water partition coefficient (Wildman–Crippen LogP) is 3.70. The molecule has 0 aliphatic heterocycles. The highest BCUT2D eigenvalue weighted by molar-refractivity contribution is 7.07. The van der Waals surface area contributed by atoms with Crippen molar-refractivity contribution in [3.05, 3.63) is 58.4 Å². The number of amides is 1. The second-order valence-corrected chi connectivity index (χ2v) is 5.76. The topological polar surface area (TPSA) is 34.0 Å². The molecule has 2 aromatic heterocycles. The number of fused-ring (bicyclic) bond motifs is 1. The lowest BCUT2D eigenvalue weighted by atomic mass is 10.1. The Bertz CT molecular complexity index is 743. The number of benzene rings is 1. The largest absolute Gasteiger partial charge is 0.352 e. The number of carbonyl (C=O) groups excluding carboxylic acids is 1. The molecule has 2 heterocycles. The Morgan fingerprint density at radius 3 is 2.90 bits per heavy atom. The summed E-state index contributed by atoms with van der Waals surface area (Å²) in [7, 11) is 0. The van der Waals surface area contributed by atoms with Crippen LogP contribution in [0.15, 0.2) is 47.3 Å². The fraction of sp³-hybridized carbons (Fsp3) is 0.235. The number of nitrogens with zero attached hydrogens (tertiary/aromatic N) is 1. The van der Waals surface area contributed by atoms with Crippen LogP contribution in [-0.2, 0) is 13.0 Å². The number of para-hydroxylation sites is 1. The van der Waals surface area contributed by atoms with Gasteiger partial charge in [-0.2, -0.15) is 11.3 Å². The molecule has 0 bridgehead atoms. The van der Waals surface area contributed by atoms with Crippen molar-refractivity contribution in [2.24, 2.45) is 0 Å². The number of nitrogens with one attached hydrogen (secondary N) is 1. The Morgan fingerprint density at radius 2 is 2.14 bits per heavy atom. The molecular formula is C17H18N2OS. The Kier molecular flexibility index (Phi) is 4.06. The molecule has 4 heteroatoms. The van der Waals surface area contributed by atoms with Gasteiger partial charge in [-0.05, 0) is 41.8 Å². The van der Waals surface area contributed by atoms with Crippen molar-refractivity contribution < 1.29 is 4.79 Å². The van der Waals surface area contributed by atoms with E-state index in [-0.39, 0.29) is 5.91 Å². The first-order chi connectivity index (χ1) is 10.3. The molecule has 1 N–H and O–H groups in total. The highest BCUT2D eigenvalue weighted by atomic mass is 32.1. The van der Waals surface area contributed by atoms with Crippen molar-refractivity contribution >= 4 is 28.1 Å². The van der Waals surface area contributed by atoms with Crippen molar-refractivity contribution in [1.82, 2.24) is 9.88 Å². The molecule has 0 fully saturated rings. The summed E-state index contributed by atoms with van der Waals surface area (Å²) in [6.45, 7) is 3.62. The summed E-state index contributed by atoms with van der Waals surface area (Å²) in [5.74, 6) is 0.00799. The summed E-state index contributed by atoms with van der Waals surface area (Å²) < 4.78 is 2.11. The lowest BCUT2D eigenvalue weighted by Gasteiger charge is -2.03. The molecule has 0 spiro atoms. The summed E-state index contributed by atoms with van der Waals surface area (Å²) in [6.07, 6.45) is 2.83. The molecule has 0 saturated heterocycles. The van der Waals surface area contributed by atoms with Gasteiger partial charge in [-0.15, -0.1) is 0 Å². The maximum absolute atomic E-state index is 12.4. The van der Waals surface area contributed by atoms with Crippen LogP contribution in [-0.4, -0.2) is 17.0 Å². The Balaban J connectivity index is 1.75. The van der Waals surface area contributed by atoms with Crippen LogP contribution in [0.25, 0.3) is 10.9 Å². The SMILES string of the molecule is CCn1cc(C(=O)NCCc2ccsc2)c2ccccc21. The van der Waals surface area contributed by atoms with Gasteiger partial charge in [-0.3, -0.25) is 4.79 Å². The fourth-order valence-electron chi connectivity index (χ4n) is 2.54. The van der Waals surface area contributed by atoms with E-state index in [0.29, 0.717) is 6.54 Å². The average Bonchev–Trinajstić information content (AvgIpc) is 3.14. The summed E-state index contributed by atoms with van der Waals surface area (Å²) in [5, 5.41) is 8.22. The summed E-state index contributed by atoms with van der Waals surface area (Å²) in [6, 6.07) is 10.1. The molecule has 1 amide bonds. The van der Waals surface area contributed by atoms with Crippen LogP contribution in [0, 0.1) is 0 Å². The van der Waals surface area contributed by atoms with Crippen LogP contribution < -0.4 is 5.32 Å². The molecule has 0 saturated carbocycles. The van der Waals surface area contributed by atoms with Gasteiger partial charge in [-0.25, -0.2) is 0 Å². The van der Waals surface area contributed by atoms with Gasteiger partial charge < -0.3 is 9.88 Å². The third-order valence-electron chi connectivity index (χ3n) is 3.65. The highest BCUT2D eigenvalue weighted by Gasteiger charge is 2.13. The van der Waals surface area contributed by atoms with Gasteiger partial charge in [0.1, 0.15) is 0 Å². The minimum absolute atomic E-state index is 0.00799. The van der Waals surface area contributed by atoms with E-state index < -0.39 is 0 Å². The van der Waals surface area contributed by atoms with Gasteiger partial charge in [0.25, 0.3) is 5.91 Å². The van der Waals surface area contributed by atoms with E-state index in [1.807, 2.05) is 24.4 Å². The first-order valence-corrected chi connectivity index (χ1v) is 8.11. The van der Waals surface area contributed by atoms with Gasteiger partial charge in [0.05, 0.1) is 5.56 Å². The van der Waals surface area contributed by atoms with Gasteiger partial charge in [-0.1, -0.05) is 18.2 Å². The maximum Gasteiger partial charge on any atom is 0.253 e. The number of carbonyl (C=O) groups is 1. The predicted molar refractivity (Wildman–Crippen MR) is 88.0 cm³/mol. The average molecular weight is 298 g/mol. The minimum Gasteiger partial charge on any atom is -0.352 e. The number of hydrogen-bond acceptors (Lipinski definition) is 2. The lowest BCUT2D eigenvalue weighted by molar-refractivity contribution is 0.0955. The molecule has 0 atom stereocenters. The monoisotopic (exact) mass is 298 g/mol. The van der Waals surface area contributed by atoms with Gasteiger partial charge in [0, 0.05) is 30.2 Å². The smallest absolute Gasteiger partial charge is 0.253 e. The second kappa shape index (κ2) is 6.14. The molecular weight excluding hydrogens is 280 g/mol. The molecule has 0 aliphatic carbocycles. The van der Waals surface area contributed by atoms with E-state index in [1.54, 1.807) is 11.3 Å². The van der Waals surface area contributed by atoms with Crippen LogP contribution in [0.1, 0.15) is 22.8 Å². The lowest BCUT2D eigenvalue weighted by Crippen LogP contribution is -2.25. The van der Waals surface area contributed by atoms with E-state index >= 15 is 0 Å². The first-order valence-electron chi connectivity index (χ1n) is 7.16. The van der Waals surface area contributed by atoms with E-state index in [9.17, 15) is 4.79 Å². The summed E-state index contributed by atoms with van der Waals surface area (Å²) >= 11 is 1.69. The number of hydrogen-bond donors (Lipinski definition) is 1. The molecule has 3 aromatic rings. The molecule has 21 heavy (non-hydrogen) atoms. The van der Waals surface area contributed by atoms with Crippen molar-refractivity contribution in [2.45, 2.75) is 19.9 Å². The fourth-order valence-corrected chi connectivity index (χ4v) is 3.24. The van der Waals surface area contributed by atoms with Crippen molar-refractivity contribution in [2.75, 3.05) is 6.54 Å². The van der Waals surface area contributed by atoms with Crippen LogP contribution in [0.4, 0.5) is 0 Å². The normalized spacial score (nSPS) is 10.9. The number of thiophene rings is 1. The van der Waals surface area contributed by atoms with E-state index in [1.165, 1.54) is 5.56 Å². The van der Waals surface area contributed by atoms with E-state index in [2.05, 4.69) is 39.7 Å². The van der Waals surface area contributed by atoms with E-state index in [0.717, 1.165) is 29.4 Å². The number of aryl methyl sites for hydroxylation is 1. The first kappa shape index (κ1) is 13.9. The van der Waals surface area contributed by atoms with Gasteiger partial charge in [0.15, 0.2) is 0 Å². The molecule has 0 aliphatic rings. The summed E-state index contributed by atoms with van der Waals surface area (Å²) in [4.78, 5) is 12.4. The van der Waals surface area contributed by atoms with Gasteiger partial charge >= 0.3 is 0 Å². The standard InChI is InChI=1S/C17H18N2OS/c1-2-19-11-15(14-5-3-4-6-16(14)19)17(20)18-9-7-13-8-10-21-12-13/h3-6,8,10-12H,2,7,9H2,1H3,(H,18,20). The van der Waals surface area contributed by atoms with Crippen LogP contribution in [0.5, 0.6) is 0 Å². The molecule has 1 aromatic carbocycles. The Morgan fingerprint density at radius 1 is 1.29 bits per heavy atom. The number of aromatic nitrogens is 1. The Labute approximate surface area is 128 Å². The zero-order chi connectivity index (χ0) is 14.7. The second-order valence-electron chi connectivity index (χ2n) is 4.98. The molecule has 3 rings (SSSR count). The van der Waals surface area contributed by atoms with Crippen LogP contribution in [0.2, 0.25) is 0 Å². The van der Waals surface area contributed by atoms with Crippen molar-refractivity contribution in [3.63, 3.8) is 0 Å². The number of rotatable bonds is 5. The van der Waals surface area contributed by atoms with Crippen LogP contribution in [0.3, 0.4) is 0 Å².